The van der Waals surface area contributed by atoms with E-state index in [9.17, 15) is 4.79 Å². The van der Waals surface area contributed by atoms with Crippen LogP contribution in [0, 0.1) is 29.1 Å². The van der Waals surface area contributed by atoms with Crippen molar-refractivity contribution in [2.24, 2.45) is 17.8 Å². The van der Waals surface area contributed by atoms with Crippen molar-refractivity contribution in [2.75, 3.05) is 19.7 Å². The third-order valence-electron chi connectivity index (χ3n) is 4.07. The van der Waals surface area contributed by atoms with Gasteiger partial charge in [0.2, 0.25) is 5.91 Å². The Bertz CT molecular complexity index is 343. The van der Waals surface area contributed by atoms with Crippen LogP contribution in [-0.2, 0) is 9.53 Å². The summed E-state index contributed by atoms with van der Waals surface area (Å²) in [5.41, 5.74) is 0. The first-order chi connectivity index (χ1) is 8.29. The van der Waals surface area contributed by atoms with Gasteiger partial charge < -0.3 is 9.64 Å². The van der Waals surface area contributed by atoms with E-state index in [0.717, 1.165) is 0 Å². The number of hydrogen-bond acceptors (Lipinski definition) is 3. The zero-order valence-corrected chi connectivity index (χ0v) is 9.97. The van der Waals surface area contributed by atoms with Crippen molar-refractivity contribution in [3.05, 3.63) is 0 Å². The molecule has 0 spiro atoms. The number of hydrogen-bond donors (Lipinski definition) is 0. The van der Waals surface area contributed by atoms with Crippen molar-refractivity contribution < 1.29 is 9.53 Å². The fourth-order valence-corrected chi connectivity index (χ4v) is 2.84. The van der Waals surface area contributed by atoms with E-state index in [4.69, 9.17) is 10.00 Å². The minimum Gasteiger partial charge on any atom is -0.360 e. The standard InChI is InChI=1S/C13H18N2O2/c14-7-11-8-15(5-6-17-11)13(16)12(9-1-2-9)10-3-4-10/h9-12H,1-6,8H2/t11-/m0/s1. The number of nitrogens with zero attached hydrogens (tertiary/aromatic N) is 2. The lowest BCUT2D eigenvalue weighted by Gasteiger charge is -2.32. The van der Waals surface area contributed by atoms with Crippen molar-refractivity contribution >= 4 is 5.91 Å². The van der Waals surface area contributed by atoms with Crippen LogP contribution in [-0.4, -0.2) is 36.6 Å². The molecular formula is C13H18N2O2. The lowest BCUT2D eigenvalue weighted by atomic mass is 9.96. The van der Waals surface area contributed by atoms with Gasteiger partial charge in [-0.05, 0) is 37.5 Å². The van der Waals surface area contributed by atoms with Crippen LogP contribution in [0.3, 0.4) is 0 Å². The first kappa shape index (κ1) is 11.0. The molecule has 0 N–H and O–H groups in total. The van der Waals surface area contributed by atoms with E-state index in [2.05, 4.69) is 6.07 Å². The maximum absolute atomic E-state index is 12.5. The van der Waals surface area contributed by atoms with E-state index in [1.54, 1.807) is 0 Å². The Hall–Kier alpha value is -1.08. The monoisotopic (exact) mass is 234 g/mol. The highest BCUT2D eigenvalue weighted by Gasteiger charge is 2.47. The minimum absolute atomic E-state index is 0.257. The molecule has 3 fully saturated rings. The van der Waals surface area contributed by atoms with Gasteiger partial charge in [0.15, 0.2) is 6.10 Å². The first-order valence-corrected chi connectivity index (χ1v) is 6.59. The molecule has 3 aliphatic rings. The maximum atomic E-state index is 12.5. The summed E-state index contributed by atoms with van der Waals surface area (Å²) in [6, 6.07) is 2.10. The number of carbonyl (C=O) groups excluding carboxylic acids is 1. The quantitative estimate of drug-likeness (QED) is 0.736. The second kappa shape index (κ2) is 4.30. The van der Waals surface area contributed by atoms with E-state index in [-0.39, 0.29) is 5.92 Å². The summed E-state index contributed by atoms with van der Waals surface area (Å²) < 4.78 is 5.28. The topological polar surface area (TPSA) is 53.3 Å². The van der Waals surface area contributed by atoms with E-state index < -0.39 is 6.10 Å². The lowest BCUT2D eigenvalue weighted by molar-refractivity contribution is -0.142. The van der Waals surface area contributed by atoms with E-state index in [1.165, 1.54) is 25.7 Å². The summed E-state index contributed by atoms with van der Waals surface area (Å²) in [5, 5.41) is 8.86. The average molecular weight is 234 g/mol. The van der Waals surface area contributed by atoms with Gasteiger partial charge in [-0.25, -0.2) is 0 Å². The number of carbonyl (C=O) groups is 1. The Labute approximate surface area is 102 Å². The third-order valence-corrected chi connectivity index (χ3v) is 4.07. The SMILES string of the molecule is N#C[C@H]1CN(C(=O)C(C2CC2)C2CC2)CCO1. The first-order valence-electron chi connectivity index (χ1n) is 6.59. The highest BCUT2D eigenvalue weighted by atomic mass is 16.5. The Kier molecular flexibility index (Phi) is 2.79. The summed E-state index contributed by atoms with van der Waals surface area (Å²) >= 11 is 0. The van der Waals surface area contributed by atoms with Gasteiger partial charge in [0.25, 0.3) is 0 Å². The van der Waals surface area contributed by atoms with Gasteiger partial charge in [0.05, 0.1) is 19.2 Å². The molecule has 4 nitrogen and oxygen atoms in total. The molecule has 1 atom stereocenters. The summed E-state index contributed by atoms with van der Waals surface area (Å²) in [7, 11) is 0. The lowest BCUT2D eigenvalue weighted by Crippen LogP contribution is -2.48. The molecule has 1 saturated heterocycles. The Morgan fingerprint density at radius 2 is 1.94 bits per heavy atom. The molecule has 2 aliphatic carbocycles. The molecule has 92 valence electrons. The van der Waals surface area contributed by atoms with Crippen LogP contribution >= 0.6 is 0 Å². The van der Waals surface area contributed by atoms with Crippen molar-refractivity contribution in [1.29, 1.82) is 5.26 Å². The van der Waals surface area contributed by atoms with Gasteiger partial charge >= 0.3 is 0 Å². The van der Waals surface area contributed by atoms with Crippen molar-refractivity contribution in [3.8, 4) is 6.07 Å². The number of morpholine rings is 1. The van der Waals surface area contributed by atoms with Gasteiger partial charge in [-0.15, -0.1) is 0 Å². The van der Waals surface area contributed by atoms with Crippen molar-refractivity contribution in [3.63, 3.8) is 0 Å². The Balaban J connectivity index is 1.65. The Morgan fingerprint density at radius 1 is 1.29 bits per heavy atom. The largest absolute Gasteiger partial charge is 0.360 e. The molecule has 0 aromatic heterocycles. The summed E-state index contributed by atoms with van der Waals surface area (Å²) in [6.07, 6.45) is 4.46. The molecule has 17 heavy (non-hydrogen) atoms. The molecule has 0 aromatic rings. The fraction of sp³-hybridized carbons (Fsp3) is 0.846. The molecule has 2 saturated carbocycles. The van der Waals surface area contributed by atoms with Gasteiger partial charge in [-0.3, -0.25) is 4.79 Å². The zero-order chi connectivity index (χ0) is 11.8. The van der Waals surface area contributed by atoms with Gasteiger partial charge in [-0.2, -0.15) is 5.26 Å². The van der Waals surface area contributed by atoms with Crippen LogP contribution in [0.5, 0.6) is 0 Å². The number of rotatable bonds is 3. The maximum Gasteiger partial charge on any atom is 0.226 e. The van der Waals surface area contributed by atoms with Gasteiger partial charge in [0, 0.05) is 12.5 Å². The summed E-state index contributed by atoms with van der Waals surface area (Å²) in [6.45, 7) is 1.63. The second-order valence-corrected chi connectivity index (χ2v) is 5.47. The molecule has 1 heterocycles. The summed E-state index contributed by atoms with van der Waals surface area (Å²) in [5.74, 6) is 1.82. The van der Waals surface area contributed by atoms with E-state index in [0.29, 0.717) is 37.4 Å². The Morgan fingerprint density at radius 3 is 2.47 bits per heavy atom. The highest BCUT2D eigenvalue weighted by Crippen LogP contribution is 2.49. The molecule has 1 amide bonds. The highest BCUT2D eigenvalue weighted by molar-refractivity contribution is 5.80. The van der Waals surface area contributed by atoms with Crippen molar-refractivity contribution in [1.82, 2.24) is 4.90 Å². The summed E-state index contributed by atoms with van der Waals surface area (Å²) in [4.78, 5) is 14.3. The minimum atomic E-state index is -0.424. The molecule has 4 heteroatoms. The number of amides is 1. The van der Waals surface area contributed by atoms with Crippen LogP contribution in [0.4, 0.5) is 0 Å². The van der Waals surface area contributed by atoms with Crippen LogP contribution in [0.2, 0.25) is 0 Å². The van der Waals surface area contributed by atoms with Crippen LogP contribution in [0.25, 0.3) is 0 Å². The smallest absolute Gasteiger partial charge is 0.226 e. The van der Waals surface area contributed by atoms with Crippen molar-refractivity contribution in [2.45, 2.75) is 31.8 Å². The average Bonchev–Trinajstić information content (AvgIpc) is 3.23. The molecule has 0 aromatic carbocycles. The normalized spacial score (nSPS) is 29.2. The van der Waals surface area contributed by atoms with Crippen LogP contribution in [0.1, 0.15) is 25.7 Å². The number of ether oxygens (including phenoxy) is 1. The molecule has 0 bridgehead atoms. The third kappa shape index (κ3) is 2.30. The molecule has 3 rings (SSSR count). The number of nitriles is 1. The predicted octanol–water partition coefficient (Wildman–Crippen LogP) is 1.17. The molecule has 0 unspecified atom stereocenters. The van der Waals surface area contributed by atoms with Crippen LogP contribution < -0.4 is 0 Å². The van der Waals surface area contributed by atoms with E-state index >= 15 is 0 Å². The van der Waals surface area contributed by atoms with Gasteiger partial charge in [-0.1, -0.05) is 0 Å². The fourth-order valence-electron chi connectivity index (χ4n) is 2.84. The molecular weight excluding hydrogens is 216 g/mol. The predicted molar refractivity (Wildman–Crippen MR) is 60.9 cm³/mol. The second-order valence-electron chi connectivity index (χ2n) is 5.47. The van der Waals surface area contributed by atoms with Gasteiger partial charge in [0.1, 0.15) is 0 Å². The molecule has 0 radical (unpaired) electrons. The molecule has 1 aliphatic heterocycles. The van der Waals surface area contributed by atoms with Crippen LogP contribution in [0.15, 0.2) is 0 Å². The van der Waals surface area contributed by atoms with E-state index in [1.807, 2.05) is 4.90 Å². The zero-order valence-electron chi connectivity index (χ0n) is 9.97.